The van der Waals surface area contributed by atoms with Crippen molar-refractivity contribution in [1.82, 2.24) is 10.2 Å². The molecular formula is C16H33ClN2. The molecule has 1 saturated carbocycles. The monoisotopic (exact) mass is 288 g/mol. The molecule has 0 bridgehead atoms. The van der Waals surface area contributed by atoms with Crippen LogP contribution in [0.2, 0.25) is 0 Å². The van der Waals surface area contributed by atoms with Crippen LogP contribution in [0.1, 0.15) is 58.3 Å². The van der Waals surface area contributed by atoms with E-state index >= 15 is 0 Å². The summed E-state index contributed by atoms with van der Waals surface area (Å²) in [6.07, 6.45) is 11.6. The zero-order chi connectivity index (χ0) is 12.6. The molecule has 1 saturated heterocycles. The van der Waals surface area contributed by atoms with Gasteiger partial charge < -0.3 is 10.2 Å². The van der Waals surface area contributed by atoms with Crippen LogP contribution < -0.4 is 5.32 Å². The fourth-order valence-electron chi connectivity index (χ4n) is 3.75. The van der Waals surface area contributed by atoms with Gasteiger partial charge in [0.1, 0.15) is 0 Å². The van der Waals surface area contributed by atoms with E-state index in [2.05, 4.69) is 17.1 Å². The van der Waals surface area contributed by atoms with E-state index in [4.69, 9.17) is 0 Å². The van der Waals surface area contributed by atoms with Gasteiger partial charge in [0.05, 0.1) is 0 Å². The lowest BCUT2D eigenvalue weighted by atomic mass is 9.88. The maximum absolute atomic E-state index is 3.56. The van der Waals surface area contributed by atoms with Crippen molar-refractivity contribution in [3.63, 3.8) is 0 Å². The Balaban J connectivity index is 0.00000180. The van der Waals surface area contributed by atoms with E-state index in [1.807, 2.05) is 0 Å². The third-order valence-electron chi connectivity index (χ3n) is 4.70. The second-order valence-corrected chi connectivity index (χ2v) is 6.48. The quantitative estimate of drug-likeness (QED) is 0.802. The highest BCUT2D eigenvalue weighted by Gasteiger charge is 2.20. The Labute approximate surface area is 126 Å². The third kappa shape index (κ3) is 6.46. The van der Waals surface area contributed by atoms with Crippen LogP contribution in [-0.4, -0.2) is 37.6 Å². The summed E-state index contributed by atoms with van der Waals surface area (Å²) in [6, 6.07) is 0. The summed E-state index contributed by atoms with van der Waals surface area (Å²) in [5.41, 5.74) is 0. The van der Waals surface area contributed by atoms with Crippen LogP contribution in [0.4, 0.5) is 0 Å². The zero-order valence-corrected chi connectivity index (χ0v) is 13.5. The molecule has 2 nitrogen and oxygen atoms in total. The molecule has 1 heterocycles. The first-order valence-corrected chi connectivity index (χ1v) is 8.31. The fraction of sp³-hybridized carbons (Fsp3) is 1.00. The molecule has 2 fully saturated rings. The number of hydrogen-bond acceptors (Lipinski definition) is 2. The summed E-state index contributed by atoms with van der Waals surface area (Å²) in [6.45, 7) is 8.86. The minimum Gasteiger partial charge on any atom is -0.316 e. The molecule has 1 aliphatic carbocycles. The Morgan fingerprint density at radius 1 is 0.947 bits per heavy atom. The van der Waals surface area contributed by atoms with Crippen molar-refractivity contribution >= 4 is 12.4 Å². The second kappa shape index (κ2) is 10.0. The van der Waals surface area contributed by atoms with Gasteiger partial charge in [-0.05, 0) is 63.6 Å². The number of halogens is 1. The molecule has 0 aromatic rings. The summed E-state index contributed by atoms with van der Waals surface area (Å²) >= 11 is 0. The molecular weight excluding hydrogens is 256 g/mol. The van der Waals surface area contributed by atoms with Gasteiger partial charge in [0.25, 0.3) is 0 Å². The van der Waals surface area contributed by atoms with Gasteiger partial charge in [0.2, 0.25) is 0 Å². The molecule has 0 aromatic carbocycles. The molecule has 3 heteroatoms. The molecule has 0 amide bonds. The van der Waals surface area contributed by atoms with E-state index in [0.717, 1.165) is 11.8 Å². The first-order valence-electron chi connectivity index (χ1n) is 8.31. The molecule has 1 unspecified atom stereocenters. The zero-order valence-electron chi connectivity index (χ0n) is 12.7. The first-order chi connectivity index (χ1) is 8.88. The normalized spacial score (nSPS) is 25.3. The van der Waals surface area contributed by atoms with Crippen molar-refractivity contribution in [1.29, 1.82) is 0 Å². The molecule has 1 N–H and O–H groups in total. The second-order valence-electron chi connectivity index (χ2n) is 6.48. The molecule has 2 aliphatic rings. The maximum Gasteiger partial charge on any atom is 0.00219 e. The van der Waals surface area contributed by atoms with Crippen molar-refractivity contribution in [2.24, 2.45) is 11.8 Å². The van der Waals surface area contributed by atoms with Gasteiger partial charge in [0, 0.05) is 13.1 Å². The van der Waals surface area contributed by atoms with Gasteiger partial charge in [0.15, 0.2) is 0 Å². The molecule has 1 aliphatic heterocycles. The molecule has 19 heavy (non-hydrogen) atoms. The maximum atomic E-state index is 3.56. The number of nitrogens with zero attached hydrogens (tertiary/aromatic N) is 1. The van der Waals surface area contributed by atoms with Crippen molar-refractivity contribution < 1.29 is 0 Å². The van der Waals surface area contributed by atoms with E-state index < -0.39 is 0 Å². The van der Waals surface area contributed by atoms with Crippen molar-refractivity contribution in [3.8, 4) is 0 Å². The van der Waals surface area contributed by atoms with Gasteiger partial charge in [-0.15, -0.1) is 12.4 Å². The van der Waals surface area contributed by atoms with Crippen LogP contribution in [0, 0.1) is 11.8 Å². The van der Waals surface area contributed by atoms with Crippen LogP contribution in [0.3, 0.4) is 0 Å². The Morgan fingerprint density at radius 3 is 2.26 bits per heavy atom. The van der Waals surface area contributed by atoms with Crippen LogP contribution in [0.15, 0.2) is 0 Å². The summed E-state index contributed by atoms with van der Waals surface area (Å²) < 4.78 is 0. The third-order valence-corrected chi connectivity index (χ3v) is 4.70. The van der Waals surface area contributed by atoms with Gasteiger partial charge in [-0.1, -0.05) is 26.2 Å². The number of rotatable bonds is 6. The van der Waals surface area contributed by atoms with Crippen LogP contribution >= 0.6 is 12.4 Å². The van der Waals surface area contributed by atoms with Gasteiger partial charge in [-0.3, -0.25) is 0 Å². The Bertz CT molecular complexity index is 191. The minimum atomic E-state index is 0. The molecule has 1 atom stereocenters. The lowest BCUT2D eigenvalue weighted by Gasteiger charge is -2.33. The lowest BCUT2D eigenvalue weighted by molar-refractivity contribution is 0.164. The summed E-state index contributed by atoms with van der Waals surface area (Å²) in [4.78, 5) is 2.77. The van der Waals surface area contributed by atoms with Crippen LogP contribution in [0.25, 0.3) is 0 Å². The number of hydrogen-bond donors (Lipinski definition) is 1. The van der Waals surface area contributed by atoms with E-state index in [1.165, 1.54) is 84.1 Å². The van der Waals surface area contributed by atoms with E-state index in [9.17, 15) is 0 Å². The predicted octanol–water partition coefficient (Wildman–Crippen LogP) is 3.70. The van der Waals surface area contributed by atoms with Crippen molar-refractivity contribution in [2.45, 2.75) is 58.3 Å². The van der Waals surface area contributed by atoms with E-state index in [0.29, 0.717) is 0 Å². The minimum absolute atomic E-state index is 0. The molecule has 0 spiro atoms. The van der Waals surface area contributed by atoms with Gasteiger partial charge in [-0.2, -0.15) is 0 Å². The topological polar surface area (TPSA) is 15.3 Å². The average molecular weight is 289 g/mol. The summed E-state index contributed by atoms with van der Waals surface area (Å²) in [7, 11) is 0. The standard InChI is InChI=1S/C16H32N2.ClH/c1-2-11-18(13-15-7-4-3-5-8-15)14-16-9-6-10-17-12-16;/h15-17H,2-14H2,1H3;1H. The SMILES string of the molecule is CCCN(CC1CCCCC1)CC1CCCNC1.Cl. The Morgan fingerprint density at radius 2 is 1.63 bits per heavy atom. The highest BCUT2D eigenvalue weighted by molar-refractivity contribution is 5.85. The largest absolute Gasteiger partial charge is 0.316 e. The van der Waals surface area contributed by atoms with Crippen LogP contribution in [-0.2, 0) is 0 Å². The van der Waals surface area contributed by atoms with Gasteiger partial charge >= 0.3 is 0 Å². The Hall–Kier alpha value is 0.210. The van der Waals surface area contributed by atoms with E-state index in [1.54, 1.807) is 0 Å². The molecule has 114 valence electrons. The lowest BCUT2D eigenvalue weighted by Crippen LogP contribution is -2.40. The highest BCUT2D eigenvalue weighted by atomic mass is 35.5. The number of piperidine rings is 1. The predicted molar refractivity (Wildman–Crippen MR) is 86.1 cm³/mol. The average Bonchev–Trinajstić information content (AvgIpc) is 2.41. The fourth-order valence-corrected chi connectivity index (χ4v) is 3.75. The van der Waals surface area contributed by atoms with Crippen molar-refractivity contribution in [2.75, 3.05) is 32.7 Å². The smallest absolute Gasteiger partial charge is 0.00219 e. The van der Waals surface area contributed by atoms with E-state index in [-0.39, 0.29) is 12.4 Å². The first kappa shape index (κ1) is 17.3. The highest BCUT2D eigenvalue weighted by Crippen LogP contribution is 2.25. The van der Waals surface area contributed by atoms with Gasteiger partial charge in [-0.25, -0.2) is 0 Å². The number of nitrogens with one attached hydrogen (secondary N) is 1. The molecule has 0 aromatic heterocycles. The summed E-state index contributed by atoms with van der Waals surface area (Å²) in [5, 5.41) is 3.56. The molecule has 2 rings (SSSR count). The van der Waals surface area contributed by atoms with Crippen molar-refractivity contribution in [3.05, 3.63) is 0 Å². The summed E-state index contributed by atoms with van der Waals surface area (Å²) in [5.74, 6) is 1.91. The van der Waals surface area contributed by atoms with Crippen LogP contribution in [0.5, 0.6) is 0 Å². The Kier molecular flexibility index (Phi) is 9.10. The molecule has 0 radical (unpaired) electrons.